The molecule has 1 unspecified atom stereocenters. The fraction of sp³-hybridized carbons (Fsp3) is 0.542. The lowest BCUT2D eigenvalue weighted by molar-refractivity contribution is -0.120. The second-order valence-electron chi connectivity index (χ2n) is 8.17. The average molecular weight is 371 g/mol. The first kappa shape index (κ1) is 21.4. The van der Waals surface area contributed by atoms with E-state index in [1.54, 1.807) is 6.08 Å². The minimum Gasteiger partial charge on any atom is -0.493 e. The van der Waals surface area contributed by atoms with Crippen LogP contribution in [0.4, 0.5) is 0 Å². The molecule has 0 aromatic heterocycles. The Morgan fingerprint density at radius 2 is 1.96 bits per heavy atom. The second-order valence-corrected chi connectivity index (χ2v) is 8.17. The van der Waals surface area contributed by atoms with Gasteiger partial charge in [0.15, 0.2) is 5.78 Å². The van der Waals surface area contributed by atoms with Crippen LogP contribution in [0.2, 0.25) is 0 Å². The Morgan fingerprint density at radius 1 is 1.26 bits per heavy atom. The van der Waals surface area contributed by atoms with Crippen molar-refractivity contribution in [2.24, 2.45) is 11.3 Å². The summed E-state index contributed by atoms with van der Waals surface area (Å²) in [5, 5.41) is 0. The van der Waals surface area contributed by atoms with Crippen molar-refractivity contribution in [3.8, 4) is 0 Å². The van der Waals surface area contributed by atoms with Crippen molar-refractivity contribution in [2.45, 2.75) is 72.7 Å². The first-order valence-electron chi connectivity index (χ1n) is 10.1. The van der Waals surface area contributed by atoms with E-state index in [4.69, 9.17) is 9.47 Å². The van der Waals surface area contributed by atoms with Crippen LogP contribution in [0.3, 0.4) is 0 Å². The van der Waals surface area contributed by atoms with Gasteiger partial charge in [-0.15, -0.1) is 0 Å². The average Bonchev–Trinajstić information content (AvgIpc) is 2.64. The van der Waals surface area contributed by atoms with Crippen LogP contribution >= 0.6 is 0 Å². The van der Waals surface area contributed by atoms with Crippen molar-refractivity contribution in [1.29, 1.82) is 0 Å². The van der Waals surface area contributed by atoms with Crippen LogP contribution in [0, 0.1) is 11.3 Å². The number of allylic oxidation sites excluding steroid dienone is 3. The fourth-order valence-corrected chi connectivity index (χ4v) is 3.22. The summed E-state index contributed by atoms with van der Waals surface area (Å²) in [6.45, 7) is 11.2. The summed E-state index contributed by atoms with van der Waals surface area (Å²) >= 11 is 0. The molecule has 1 aliphatic rings. The maximum Gasteiger partial charge on any atom is 0.162 e. The van der Waals surface area contributed by atoms with Crippen LogP contribution in [-0.4, -0.2) is 18.0 Å². The van der Waals surface area contributed by atoms with Crippen LogP contribution in [0.15, 0.2) is 54.3 Å². The zero-order valence-corrected chi connectivity index (χ0v) is 17.4. The molecule has 0 amide bonds. The highest BCUT2D eigenvalue weighted by Crippen LogP contribution is 2.35. The van der Waals surface area contributed by atoms with Crippen molar-refractivity contribution >= 4 is 5.78 Å². The Bertz CT molecular complexity index is 657. The highest BCUT2D eigenvalue weighted by Gasteiger charge is 2.31. The topological polar surface area (TPSA) is 35.5 Å². The zero-order chi connectivity index (χ0) is 19.9. The van der Waals surface area contributed by atoms with Crippen molar-refractivity contribution in [3.05, 3.63) is 59.9 Å². The monoisotopic (exact) mass is 370 g/mol. The van der Waals surface area contributed by atoms with Gasteiger partial charge in [-0.05, 0) is 45.1 Å². The molecule has 0 bridgehead atoms. The maximum absolute atomic E-state index is 12.3. The minimum absolute atomic E-state index is 0.0791. The molecule has 0 saturated heterocycles. The first-order valence-corrected chi connectivity index (χ1v) is 10.1. The van der Waals surface area contributed by atoms with Crippen LogP contribution in [0.5, 0.6) is 0 Å². The highest BCUT2D eigenvalue weighted by molar-refractivity contribution is 5.91. The van der Waals surface area contributed by atoms with Gasteiger partial charge in [-0.3, -0.25) is 4.79 Å². The maximum atomic E-state index is 12.3. The van der Waals surface area contributed by atoms with Crippen molar-refractivity contribution in [1.82, 2.24) is 0 Å². The molecule has 0 aliphatic carbocycles. The van der Waals surface area contributed by atoms with E-state index in [1.165, 1.54) is 5.56 Å². The molecule has 1 aliphatic heterocycles. The first-order chi connectivity index (χ1) is 12.8. The van der Waals surface area contributed by atoms with Gasteiger partial charge >= 0.3 is 0 Å². The molecule has 3 atom stereocenters. The van der Waals surface area contributed by atoms with E-state index < -0.39 is 0 Å². The lowest BCUT2D eigenvalue weighted by Gasteiger charge is -2.34. The Hall–Kier alpha value is -1.87. The fourth-order valence-electron chi connectivity index (χ4n) is 3.22. The molecular weight excluding hydrogens is 336 g/mol. The molecule has 0 N–H and O–H groups in total. The molecule has 27 heavy (non-hydrogen) atoms. The molecule has 148 valence electrons. The summed E-state index contributed by atoms with van der Waals surface area (Å²) in [6, 6.07) is 10.2. The van der Waals surface area contributed by atoms with Gasteiger partial charge in [0.1, 0.15) is 11.9 Å². The minimum atomic E-state index is -0.261. The lowest BCUT2D eigenvalue weighted by Crippen LogP contribution is -2.31. The summed E-state index contributed by atoms with van der Waals surface area (Å²) in [5.74, 6) is 1.24. The van der Waals surface area contributed by atoms with Gasteiger partial charge in [-0.2, -0.15) is 0 Å². The highest BCUT2D eigenvalue weighted by atomic mass is 16.5. The zero-order valence-electron chi connectivity index (χ0n) is 17.4. The standard InChI is InChI=1S/C24H34O3/c1-6-7-13-24(4,5)23-16-21(25)15-22(27-23)14-18(2)19(3)26-17-20-11-9-8-10-12-20/h7-13,16,18-19,22H,6,14-15,17H2,1-5H3/b13-7+/t18-,19+,22?/m1/s1. The number of rotatable bonds is 9. The number of carbonyl (C=O) groups excluding carboxylic acids is 1. The molecular formula is C24H34O3. The lowest BCUT2D eigenvalue weighted by atomic mass is 9.86. The van der Waals surface area contributed by atoms with E-state index in [9.17, 15) is 4.79 Å². The van der Waals surface area contributed by atoms with E-state index >= 15 is 0 Å². The van der Waals surface area contributed by atoms with Gasteiger partial charge in [0.25, 0.3) is 0 Å². The number of ether oxygens (including phenoxy) is 2. The van der Waals surface area contributed by atoms with Gasteiger partial charge in [0.2, 0.25) is 0 Å². The Labute approximate surface area is 164 Å². The van der Waals surface area contributed by atoms with Crippen molar-refractivity contribution in [3.63, 3.8) is 0 Å². The molecule has 0 radical (unpaired) electrons. The predicted molar refractivity (Wildman–Crippen MR) is 110 cm³/mol. The Balaban J connectivity index is 1.91. The number of carbonyl (C=O) groups is 1. The van der Waals surface area contributed by atoms with E-state index in [0.717, 1.165) is 18.6 Å². The molecule has 1 heterocycles. The molecule has 3 nitrogen and oxygen atoms in total. The normalized spacial score (nSPS) is 20.3. The second kappa shape index (κ2) is 9.89. The molecule has 0 saturated carbocycles. The molecule has 3 heteroatoms. The Morgan fingerprint density at radius 3 is 2.63 bits per heavy atom. The third kappa shape index (κ3) is 6.66. The molecule has 0 spiro atoms. The summed E-state index contributed by atoms with van der Waals surface area (Å²) in [4.78, 5) is 12.3. The number of ketones is 1. The van der Waals surface area contributed by atoms with E-state index in [1.807, 2.05) is 18.2 Å². The van der Waals surface area contributed by atoms with Gasteiger partial charge in [-0.1, -0.05) is 56.3 Å². The van der Waals surface area contributed by atoms with Crippen molar-refractivity contribution in [2.75, 3.05) is 0 Å². The van der Waals surface area contributed by atoms with Gasteiger partial charge < -0.3 is 9.47 Å². The molecule has 1 aromatic carbocycles. The quantitative estimate of drug-likeness (QED) is 0.511. The van der Waals surface area contributed by atoms with E-state index in [-0.39, 0.29) is 23.4 Å². The molecule has 0 fully saturated rings. The molecule has 1 aromatic rings. The number of benzene rings is 1. The van der Waals surface area contributed by atoms with Crippen molar-refractivity contribution < 1.29 is 14.3 Å². The van der Waals surface area contributed by atoms with Gasteiger partial charge in [0.05, 0.1) is 12.7 Å². The van der Waals surface area contributed by atoms with Crippen LogP contribution < -0.4 is 0 Å². The summed E-state index contributed by atoms with van der Waals surface area (Å²) in [5.41, 5.74) is 0.915. The Kier molecular flexibility index (Phi) is 7.85. The van der Waals surface area contributed by atoms with Crippen LogP contribution in [-0.2, 0) is 20.9 Å². The third-order valence-electron chi connectivity index (χ3n) is 5.21. The van der Waals surface area contributed by atoms with Gasteiger partial charge in [0, 0.05) is 17.9 Å². The van der Waals surface area contributed by atoms with E-state index in [2.05, 4.69) is 58.9 Å². The SMILES string of the molecule is CC/C=C/C(C)(C)C1=CC(=O)CC(C[C@@H](C)[C@H](C)OCc2ccccc2)O1. The summed E-state index contributed by atoms with van der Waals surface area (Å²) < 4.78 is 12.3. The number of hydrogen-bond donors (Lipinski definition) is 0. The summed E-state index contributed by atoms with van der Waals surface area (Å²) in [6.07, 6.45) is 8.19. The molecule has 2 rings (SSSR count). The van der Waals surface area contributed by atoms with E-state index in [0.29, 0.717) is 18.9 Å². The van der Waals surface area contributed by atoms with Crippen LogP contribution in [0.25, 0.3) is 0 Å². The summed E-state index contributed by atoms with van der Waals surface area (Å²) in [7, 11) is 0. The number of hydrogen-bond acceptors (Lipinski definition) is 3. The largest absolute Gasteiger partial charge is 0.493 e. The van der Waals surface area contributed by atoms with Gasteiger partial charge in [-0.25, -0.2) is 0 Å². The third-order valence-corrected chi connectivity index (χ3v) is 5.21. The predicted octanol–water partition coefficient (Wildman–Crippen LogP) is 5.85. The van der Waals surface area contributed by atoms with Crippen LogP contribution in [0.1, 0.15) is 59.4 Å². The smallest absolute Gasteiger partial charge is 0.162 e.